The van der Waals surface area contributed by atoms with Gasteiger partial charge in [-0.25, -0.2) is 0 Å². The summed E-state index contributed by atoms with van der Waals surface area (Å²) in [7, 11) is 0. The Morgan fingerprint density at radius 1 is 1.18 bits per heavy atom. The lowest BCUT2D eigenvalue weighted by Crippen LogP contribution is -2.27. The molecule has 0 spiro atoms. The van der Waals surface area contributed by atoms with Crippen molar-refractivity contribution in [2.75, 3.05) is 13.2 Å². The van der Waals surface area contributed by atoms with Crippen LogP contribution in [0.15, 0.2) is 12.1 Å². The van der Waals surface area contributed by atoms with Crippen molar-refractivity contribution in [3.05, 3.63) is 23.3 Å². The molecule has 1 aliphatic rings. The van der Waals surface area contributed by atoms with Crippen LogP contribution in [0.3, 0.4) is 0 Å². The van der Waals surface area contributed by atoms with Gasteiger partial charge in [-0.3, -0.25) is 4.79 Å². The molecule has 0 aliphatic heterocycles. The Morgan fingerprint density at radius 2 is 1.77 bits per heavy atom. The molecule has 2 atom stereocenters. The Hall–Kier alpha value is -1.75. The van der Waals surface area contributed by atoms with Gasteiger partial charge in [0.15, 0.2) is 11.5 Å². The topological polar surface area (TPSA) is 76.0 Å². The first kappa shape index (κ1) is 16.6. The zero-order chi connectivity index (χ0) is 16.1. The number of aliphatic hydroxyl groups excluding tert-OH is 1. The molecule has 0 bridgehead atoms. The van der Waals surface area contributed by atoms with E-state index < -0.39 is 18.0 Å². The van der Waals surface area contributed by atoms with Gasteiger partial charge in [0.05, 0.1) is 25.2 Å². The molecule has 0 aromatic heterocycles. The van der Waals surface area contributed by atoms with Gasteiger partial charge in [-0.2, -0.15) is 0 Å². The van der Waals surface area contributed by atoms with E-state index in [1.54, 1.807) is 6.07 Å². The normalized spacial score (nSPS) is 20.3. The maximum atomic E-state index is 11.2. The third-order valence-electron chi connectivity index (χ3n) is 3.87. The summed E-state index contributed by atoms with van der Waals surface area (Å²) in [5, 5.41) is 19.5. The number of hydrogen-bond acceptors (Lipinski definition) is 4. The van der Waals surface area contributed by atoms with E-state index in [0.29, 0.717) is 43.1 Å². The molecule has 0 heterocycles. The fraction of sp³-hybridized carbons (Fsp3) is 0.588. The maximum Gasteiger partial charge on any atom is 0.309 e. The Bertz CT molecular complexity index is 526. The number of carboxylic acid groups (broad SMARTS) is 1. The van der Waals surface area contributed by atoms with Gasteiger partial charge in [0.1, 0.15) is 0 Å². The summed E-state index contributed by atoms with van der Waals surface area (Å²) in [6.07, 6.45) is 1.83. The third kappa shape index (κ3) is 3.53. The zero-order valence-electron chi connectivity index (χ0n) is 13.2. The minimum absolute atomic E-state index is 0.436. The number of ether oxygens (including phenoxy) is 2. The molecule has 1 aromatic rings. The van der Waals surface area contributed by atoms with Crippen molar-refractivity contribution in [3.8, 4) is 11.5 Å². The number of benzene rings is 1. The number of carboxylic acids is 1. The molecule has 1 aromatic carbocycles. The molecule has 0 radical (unpaired) electrons. The summed E-state index contributed by atoms with van der Waals surface area (Å²) in [5.41, 5.74) is 1.59. The van der Waals surface area contributed by atoms with Crippen LogP contribution in [0, 0.1) is 5.92 Å². The third-order valence-corrected chi connectivity index (χ3v) is 3.87. The van der Waals surface area contributed by atoms with Crippen molar-refractivity contribution in [1.82, 2.24) is 0 Å². The second-order valence-corrected chi connectivity index (χ2v) is 5.62. The molecule has 2 rings (SSSR count). The summed E-state index contributed by atoms with van der Waals surface area (Å²) in [6, 6.07) is 3.63. The van der Waals surface area contributed by atoms with Gasteiger partial charge in [0.2, 0.25) is 0 Å². The highest BCUT2D eigenvalue weighted by Crippen LogP contribution is 2.41. The van der Waals surface area contributed by atoms with Crippen LogP contribution in [0.1, 0.15) is 50.3 Å². The van der Waals surface area contributed by atoms with E-state index in [1.165, 1.54) is 0 Å². The lowest BCUT2D eigenvalue weighted by molar-refractivity contribution is -0.146. The molecule has 2 N–H and O–H groups in total. The van der Waals surface area contributed by atoms with Crippen molar-refractivity contribution in [1.29, 1.82) is 0 Å². The van der Waals surface area contributed by atoms with Crippen LogP contribution in [0.2, 0.25) is 0 Å². The van der Waals surface area contributed by atoms with Gasteiger partial charge in [0, 0.05) is 0 Å². The van der Waals surface area contributed by atoms with E-state index >= 15 is 0 Å². The van der Waals surface area contributed by atoms with Gasteiger partial charge in [-0.05, 0) is 48.9 Å². The van der Waals surface area contributed by atoms with Crippen molar-refractivity contribution >= 4 is 5.97 Å². The molecule has 5 nitrogen and oxygen atoms in total. The second-order valence-electron chi connectivity index (χ2n) is 5.62. The first-order valence-corrected chi connectivity index (χ1v) is 7.91. The SMILES string of the molecule is CCCOc1cc2c(cc1OCCC)C(O)C(C(=O)O)CC2. The van der Waals surface area contributed by atoms with E-state index in [-0.39, 0.29) is 0 Å². The molecule has 22 heavy (non-hydrogen) atoms. The van der Waals surface area contributed by atoms with Crippen molar-refractivity contribution in [3.63, 3.8) is 0 Å². The summed E-state index contributed by atoms with van der Waals surface area (Å²) < 4.78 is 11.4. The zero-order valence-corrected chi connectivity index (χ0v) is 13.2. The number of fused-ring (bicyclic) bond motifs is 1. The average Bonchev–Trinajstić information content (AvgIpc) is 2.50. The fourth-order valence-corrected chi connectivity index (χ4v) is 2.70. The lowest BCUT2D eigenvalue weighted by Gasteiger charge is -2.28. The predicted molar refractivity (Wildman–Crippen MR) is 82.4 cm³/mol. The minimum Gasteiger partial charge on any atom is -0.490 e. The van der Waals surface area contributed by atoms with Crippen molar-refractivity contribution in [2.24, 2.45) is 5.92 Å². The van der Waals surface area contributed by atoms with Crippen LogP contribution < -0.4 is 9.47 Å². The van der Waals surface area contributed by atoms with Gasteiger partial charge < -0.3 is 19.7 Å². The highest BCUT2D eigenvalue weighted by atomic mass is 16.5. The van der Waals surface area contributed by atoms with E-state index in [9.17, 15) is 15.0 Å². The van der Waals surface area contributed by atoms with E-state index in [2.05, 4.69) is 0 Å². The number of aliphatic carboxylic acids is 1. The van der Waals surface area contributed by atoms with Crippen LogP contribution >= 0.6 is 0 Å². The van der Waals surface area contributed by atoms with Crippen LogP contribution in [-0.2, 0) is 11.2 Å². The van der Waals surface area contributed by atoms with Gasteiger partial charge in [-0.15, -0.1) is 0 Å². The molecule has 0 saturated heterocycles. The summed E-state index contributed by atoms with van der Waals surface area (Å²) >= 11 is 0. The highest BCUT2D eigenvalue weighted by molar-refractivity contribution is 5.72. The summed E-state index contributed by atoms with van der Waals surface area (Å²) in [6.45, 7) is 5.20. The molecule has 5 heteroatoms. The van der Waals surface area contributed by atoms with E-state index in [4.69, 9.17) is 9.47 Å². The quantitative estimate of drug-likeness (QED) is 0.810. The van der Waals surface area contributed by atoms with Gasteiger partial charge in [-0.1, -0.05) is 13.8 Å². The lowest BCUT2D eigenvalue weighted by atomic mass is 9.81. The monoisotopic (exact) mass is 308 g/mol. The number of carbonyl (C=O) groups is 1. The average molecular weight is 308 g/mol. The number of aryl methyl sites for hydroxylation is 1. The Labute approximate surface area is 130 Å². The van der Waals surface area contributed by atoms with Crippen molar-refractivity contribution in [2.45, 2.75) is 45.6 Å². The first-order chi connectivity index (χ1) is 10.6. The van der Waals surface area contributed by atoms with Crippen molar-refractivity contribution < 1.29 is 24.5 Å². The van der Waals surface area contributed by atoms with Crippen LogP contribution in [0.5, 0.6) is 11.5 Å². The summed E-state index contributed by atoms with van der Waals surface area (Å²) in [4.78, 5) is 11.2. The Kier molecular flexibility index (Phi) is 5.66. The molecule has 0 saturated carbocycles. The standard InChI is InChI=1S/C17H24O5/c1-3-7-21-14-9-11-5-6-12(17(19)20)16(18)13(11)10-15(14)22-8-4-2/h9-10,12,16,18H,3-8H2,1-2H3,(H,19,20). The molecular formula is C17H24O5. The van der Waals surface area contributed by atoms with E-state index in [1.807, 2.05) is 19.9 Å². The Morgan fingerprint density at radius 3 is 2.32 bits per heavy atom. The largest absolute Gasteiger partial charge is 0.490 e. The molecular weight excluding hydrogens is 284 g/mol. The van der Waals surface area contributed by atoms with E-state index in [0.717, 1.165) is 18.4 Å². The maximum absolute atomic E-state index is 11.2. The predicted octanol–water partition coefficient (Wildman–Crippen LogP) is 2.94. The first-order valence-electron chi connectivity index (χ1n) is 7.91. The molecule has 122 valence electrons. The Balaban J connectivity index is 2.34. The molecule has 0 fully saturated rings. The smallest absolute Gasteiger partial charge is 0.309 e. The van der Waals surface area contributed by atoms with Crippen LogP contribution in [0.25, 0.3) is 0 Å². The summed E-state index contributed by atoms with van der Waals surface area (Å²) in [5.74, 6) is -0.455. The number of aliphatic hydroxyl groups is 1. The van der Waals surface area contributed by atoms with Gasteiger partial charge >= 0.3 is 5.97 Å². The minimum atomic E-state index is -0.995. The molecule has 2 unspecified atom stereocenters. The number of hydrogen-bond donors (Lipinski definition) is 2. The molecule has 0 amide bonds. The fourth-order valence-electron chi connectivity index (χ4n) is 2.70. The van der Waals surface area contributed by atoms with Crippen LogP contribution in [-0.4, -0.2) is 29.4 Å². The highest BCUT2D eigenvalue weighted by Gasteiger charge is 2.34. The van der Waals surface area contributed by atoms with Gasteiger partial charge in [0.25, 0.3) is 0 Å². The molecule has 1 aliphatic carbocycles. The second kappa shape index (κ2) is 7.49. The number of rotatable bonds is 7. The van der Waals surface area contributed by atoms with Crippen LogP contribution in [0.4, 0.5) is 0 Å².